The van der Waals surface area contributed by atoms with Crippen LogP contribution in [-0.4, -0.2) is 34.9 Å². The van der Waals surface area contributed by atoms with Crippen LogP contribution in [0.5, 0.6) is 0 Å². The van der Waals surface area contributed by atoms with E-state index in [0.717, 1.165) is 7.11 Å². The molecule has 0 spiro atoms. The molecule has 0 bridgehead atoms. The molecule has 86 valence electrons. The third kappa shape index (κ3) is 2.20. The van der Waals surface area contributed by atoms with Gasteiger partial charge in [-0.05, 0) is 5.56 Å². The predicted molar refractivity (Wildman–Crippen MR) is 55.2 cm³/mol. The fourth-order valence-electron chi connectivity index (χ4n) is 1.37. The predicted octanol–water partition coefficient (Wildman–Crippen LogP) is 0.783. The van der Waals surface area contributed by atoms with Crippen molar-refractivity contribution in [3.05, 3.63) is 35.9 Å². The highest BCUT2D eigenvalue weighted by atomic mass is 16.5. The van der Waals surface area contributed by atoms with Crippen LogP contribution in [0.25, 0.3) is 0 Å². The second-order valence-electron chi connectivity index (χ2n) is 3.30. The number of carboxylic acids is 2. The van der Waals surface area contributed by atoms with Gasteiger partial charge in [0, 0.05) is 13.5 Å². The van der Waals surface area contributed by atoms with Crippen molar-refractivity contribution in [2.45, 2.75) is 12.0 Å². The minimum absolute atomic E-state index is 0.213. The Morgan fingerprint density at radius 2 is 1.69 bits per heavy atom. The quantitative estimate of drug-likeness (QED) is 0.722. The summed E-state index contributed by atoms with van der Waals surface area (Å²) in [4.78, 5) is 22.0. The zero-order valence-electron chi connectivity index (χ0n) is 8.71. The summed E-state index contributed by atoms with van der Waals surface area (Å²) in [5.74, 6) is -3.02. The number of carbonyl (C=O) groups is 2. The Labute approximate surface area is 92.3 Å². The Morgan fingerprint density at radius 1 is 1.19 bits per heavy atom. The van der Waals surface area contributed by atoms with Gasteiger partial charge in [0.05, 0.1) is 0 Å². The van der Waals surface area contributed by atoms with E-state index in [2.05, 4.69) is 4.74 Å². The third-order valence-electron chi connectivity index (χ3n) is 2.34. The van der Waals surface area contributed by atoms with Gasteiger partial charge in [0.1, 0.15) is 0 Å². The summed E-state index contributed by atoms with van der Waals surface area (Å²) in [6.07, 6.45) is -0.213. The molecule has 0 aromatic heterocycles. The number of aliphatic carboxylic acids is 2. The average molecular weight is 224 g/mol. The largest absolute Gasteiger partial charge is 0.479 e. The van der Waals surface area contributed by atoms with Crippen molar-refractivity contribution in [1.29, 1.82) is 0 Å². The summed E-state index contributed by atoms with van der Waals surface area (Å²) in [5.41, 5.74) is -1.63. The van der Waals surface area contributed by atoms with Crippen LogP contribution in [0.4, 0.5) is 0 Å². The van der Waals surface area contributed by atoms with Gasteiger partial charge in [0.15, 0.2) is 0 Å². The molecule has 0 fully saturated rings. The molecule has 0 saturated carbocycles. The monoisotopic (exact) mass is 224 g/mol. The van der Waals surface area contributed by atoms with Gasteiger partial charge in [-0.25, -0.2) is 9.59 Å². The normalized spacial score (nSPS) is 11.1. The molecule has 1 aromatic rings. The Hall–Kier alpha value is -1.88. The van der Waals surface area contributed by atoms with Crippen LogP contribution >= 0.6 is 0 Å². The van der Waals surface area contributed by atoms with Gasteiger partial charge < -0.3 is 14.9 Å². The lowest BCUT2D eigenvalue weighted by molar-refractivity contribution is -0.179. The van der Waals surface area contributed by atoms with Crippen LogP contribution in [0.2, 0.25) is 0 Å². The van der Waals surface area contributed by atoms with Crippen molar-refractivity contribution in [3.8, 4) is 0 Å². The standard InChI is InChI=1S/C11H12O5/c1-16-11(9(12)13,10(14)15)7-8-5-3-2-4-6-8/h2-6H,7H2,1H3,(H,12,13)(H,14,15). The minimum Gasteiger partial charge on any atom is -0.479 e. The van der Waals surface area contributed by atoms with E-state index in [-0.39, 0.29) is 6.42 Å². The molecule has 2 N–H and O–H groups in total. The smallest absolute Gasteiger partial charge is 0.348 e. The van der Waals surface area contributed by atoms with Crippen molar-refractivity contribution < 1.29 is 24.5 Å². The van der Waals surface area contributed by atoms with E-state index in [9.17, 15) is 9.59 Å². The Balaban J connectivity index is 3.04. The number of rotatable bonds is 5. The summed E-state index contributed by atoms with van der Waals surface area (Å²) in [6.45, 7) is 0. The first-order valence-electron chi connectivity index (χ1n) is 4.59. The lowest BCUT2D eigenvalue weighted by Gasteiger charge is -2.22. The molecule has 0 atom stereocenters. The zero-order chi connectivity index (χ0) is 12.2. The molecule has 1 aromatic carbocycles. The number of carboxylic acid groups (broad SMARTS) is 2. The summed E-state index contributed by atoms with van der Waals surface area (Å²) in [7, 11) is 1.07. The van der Waals surface area contributed by atoms with Crippen molar-refractivity contribution in [2.24, 2.45) is 0 Å². The summed E-state index contributed by atoms with van der Waals surface area (Å²) >= 11 is 0. The van der Waals surface area contributed by atoms with Gasteiger partial charge in [-0.1, -0.05) is 30.3 Å². The fourth-order valence-corrected chi connectivity index (χ4v) is 1.37. The highest BCUT2D eigenvalue weighted by molar-refractivity contribution is 6.02. The molecule has 0 saturated heterocycles. The van der Waals surface area contributed by atoms with E-state index in [0.29, 0.717) is 5.56 Å². The van der Waals surface area contributed by atoms with Gasteiger partial charge in [-0.15, -0.1) is 0 Å². The summed E-state index contributed by atoms with van der Waals surface area (Å²) in [5, 5.41) is 17.9. The van der Waals surface area contributed by atoms with E-state index < -0.39 is 17.5 Å². The van der Waals surface area contributed by atoms with Crippen molar-refractivity contribution >= 4 is 11.9 Å². The first-order valence-corrected chi connectivity index (χ1v) is 4.59. The minimum atomic E-state index is -2.22. The SMILES string of the molecule is COC(Cc1ccccc1)(C(=O)O)C(=O)O. The van der Waals surface area contributed by atoms with E-state index in [1.807, 2.05) is 0 Å². The maximum atomic E-state index is 11.0. The molecule has 0 aliphatic rings. The summed E-state index contributed by atoms with van der Waals surface area (Å²) < 4.78 is 4.67. The molecule has 0 aliphatic carbocycles. The first-order chi connectivity index (χ1) is 7.53. The molecule has 0 radical (unpaired) electrons. The Morgan fingerprint density at radius 3 is 2.06 bits per heavy atom. The Bertz CT molecular complexity index is 371. The second-order valence-corrected chi connectivity index (χ2v) is 3.30. The van der Waals surface area contributed by atoms with E-state index >= 15 is 0 Å². The molecular formula is C11H12O5. The number of hydrogen-bond acceptors (Lipinski definition) is 3. The van der Waals surface area contributed by atoms with Crippen LogP contribution in [0.1, 0.15) is 5.56 Å². The van der Waals surface area contributed by atoms with Gasteiger partial charge in [-0.2, -0.15) is 0 Å². The zero-order valence-corrected chi connectivity index (χ0v) is 8.71. The van der Waals surface area contributed by atoms with Crippen molar-refractivity contribution in [1.82, 2.24) is 0 Å². The molecule has 0 aliphatic heterocycles. The van der Waals surface area contributed by atoms with Crippen LogP contribution < -0.4 is 0 Å². The van der Waals surface area contributed by atoms with Gasteiger partial charge in [-0.3, -0.25) is 0 Å². The number of ether oxygens (including phenoxy) is 1. The maximum Gasteiger partial charge on any atom is 0.348 e. The molecule has 5 heteroatoms. The molecule has 0 unspecified atom stereocenters. The van der Waals surface area contributed by atoms with Crippen LogP contribution in [0.15, 0.2) is 30.3 Å². The van der Waals surface area contributed by atoms with E-state index in [1.54, 1.807) is 30.3 Å². The highest BCUT2D eigenvalue weighted by Gasteiger charge is 2.47. The van der Waals surface area contributed by atoms with Gasteiger partial charge in [0.2, 0.25) is 0 Å². The average Bonchev–Trinajstić information content (AvgIpc) is 2.26. The van der Waals surface area contributed by atoms with Crippen LogP contribution in [0.3, 0.4) is 0 Å². The molecule has 0 amide bonds. The topological polar surface area (TPSA) is 83.8 Å². The summed E-state index contributed by atoms with van der Waals surface area (Å²) in [6, 6.07) is 8.48. The molecule has 1 rings (SSSR count). The number of benzene rings is 1. The van der Waals surface area contributed by atoms with Gasteiger partial charge >= 0.3 is 11.9 Å². The fraction of sp³-hybridized carbons (Fsp3) is 0.273. The van der Waals surface area contributed by atoms with Gasteiger partial charge in [0.25, 0.3) is 5.60 Å². The number of hydrogen-bond donors (Lipinski definition) is 2. The lowest BCUT2D eigenvalue weighted by atomic mass is 9.94. The number of methoxy groups -OCH3 is 1. The van der Waals surface area contributed by atoms with Crippen molar-refractivity contribution in [3.63, 3.8) is 0 Å². The molecular weight excluding hydrogens is 212 g/mol. The van der Waals surface area contributed by atoms with Crippen molar-refractivity contribution in [2.75, 3.05) is 7.11 Å². The third-order valence-corrected chi connectivity index (χ3v) is 2.34. The van der Waals surface area contributed by atoms with E-state index in [1.165, 1.54) is 0 Å². The molecule has 16 heavy (non-hydrogen) atoms. The lowest BCUT2D eigenvalue weighted by Crippen LogP contribution is -2.50. The Kier molecular flexibility index (Phi) is 3.63. The maximum absolute atomic E-state index is 11.0. The van der Waals surface area contributed by atoms with E-state index in [4.69, 9.17) is 10.2 Å². The first kappa shape index (κ1) is 12.2. The molecule has 5 nitrogen and oxygen atoms in total. The van der Waals surface area contributed by atoms with Crippen LogP contribution in [0, 0.1) is 0 Å². The van der Waals surface area contributed by atoms with Crippen LogP contribution in [-0.2, 0) is 20.7 Å². The molecule has 0 heterocycles. The highest BCUT2D eigenvalue weighted by Crippen LogP contribution is 2.18. The second kappa shape index (κ2) is 4.76.